The second kappa shape index (κ2) is 7.86. The number of benzene rings is 2. The number of anilines is 2. The van der Waals surface area contributed by atoms with Gasteiger partial charge in [-0.05, 0) is 49.6 Å². The highest BCUT2D eigenvalue weighted by atomic mass is 16.6. The van der Waals surface area contributed by atoms with Crippen LogP contribution in [0, 0.1) is 30.9 Å². The average molecular weight is 363 g/mol. The van der Waals surface area contributed by atoms with Crippen LogP contribution in [-0.4, -0.2) is 9.91 Å². The van der Waals surface area contributed by atoms with Crippen molar-refractivity contribution in [3.8, 4) is 5.75 Å². The minimum absolute atomic E-state index is 0.0576. The van der Waals surface area contributed by atoms with Crippen LogP contribution in [0.15, 0.2) is 54.6 Å². The van der Waals surface area contributed by atoms with Gasteiger partial charge in [0.25, 0.3) is 5.69 Å². The molecule has 27 heavy (non-hydrogen) atoms. The van der Waals surface area contributed by atoms with Crippen molar-refractivity contribution >= 4 is 17.2 Å². The van der Waals surface area contributed by atoms with Crippen molar-refractivity contribution in [1.29, 1.82) is 0 Å². The molecule has 1 aromatic heterocycles. The maximum atomic E-state index is 10.8. The molecule has 6 nitrogen and oxygen atoms in total. The van der Waals surface area contributed by atoms with E-state index in [1.807, 2.05) is 51.1 Å². The predicted molar refractivity (Wildman–Crippen MR) is 106 cm³/mol. The first-order chi connectivity index (χ1) is 13.0. The fourth-order valence-electron chi connectivity index (χ4n) is 2.79. The van der Waals surface area contributed by atoms with Crippen LogP contribution in [0.3, 0.4) is 0 Å². The van der Waals surface area contributed by atoms with Crippen molar-refractivity contribution < 1.29 is 9.66 Å². The largest absolute Gasteiger partial charge is 0.487 e. The molecule has 0 saturated carbocycles. The summed E-state index contributed by atoms with van der Waals surface area (Å²) in [6, 6.07) is 16.3. The summed E-state index contributed by atoms with van der Waals surface area (Å²) in [5.41, 5.74) is 4.68. The van der Waals surface area contributed by atoms with Gasteiger partial charge < -0.3 is 10.1 Å². The summed E-state index contributed by atoms with van der Waals surface area (Å²) in [5.74, 6) is 1.50. The molecule has 3 rings (SSSR count). The molecule has 0 radical (unpaired) electrons. The maximum absolute atomic E-state index is 10.8. The standard InChI is InChI=1S/C21H21N3O3/c1-14-15(2)21(23-18-9-11-19(12-10-18)24(25)26)22-16(3)20(14)27-13-17-7-5-4-6-8-17/h4-12H,13H2,1-3H3,(H,22,23). The molecule has 1 N–H and O–H groups in total. The zero-order chi connectivity index (χ0) is 19.4. The van der Waals surface area contributed by atoms with E-state index in [-0.39, 0.29) is 5.69 Å². The van der Waals surface area contributed by atoms with E-state index in [4.69, 9.17) is 4.74 Å². The minimum Gasteiger partial charge on any atom is -0.487 e. The molecule has 0 bridgehead atoms. The molecule has 1 heterocycles. The van der Waals surface area contributed by atoms with Gasteiger partial charge in [-0.3, -0.25) is 10.1 Å². The third-order valence-electron chi connectivity index (χ3n) is 4.43. The highest BCUT2D eigenvalue weighted by molar-refractivity contribution is 5.64. The summed E-state index contributed by atoms with van der Waals surface area (Å²) in [4.78, 5) is 15.0. The quantitative estimate of drug-likeness (QED) is 0.479. The fraction of sp³-hybridized carbons (Fsp3) is 0.190. The third-order valence-corrected chi connectivity index (χ3v) is 4.43. The fourth-order valence-corrected chi connectivity index (χ4v) is 2.79. The van der Waals surface area contributed by atoms with Crippen molar-refractivity contribution in [2.24, 2.45) is 0 Å². The number of aryl methyl sites for hydroxylation is 1. The number of aromatic nitrogens is 1. The first-order valence-corrected chi connectivity index (χ1v) is 8.61. The molecule has 2 aromatic carbocycles. The maximum Gasteiger partial charge on any atom is 0.269 e. The van der Waals surface area contributed by atoms with E-state index in [2.05, 4.69) is 10.3 Å². The Kier molecular flexibility index (Phi) is 5.35. The molecule has 0 aliphatic rings. The van der Waals surface area contributed by atoms with Gasteiger partial charge in [-0.15, -0.1) is 0 Å². The zero-order valence-corrected chi connectivity index (χ0v) is 15.5. The number of pyridine rings is 1. The number of rotatable bonds is 6. The number of nitro groups is 1. The van der Waals surface area contributed by atoms with Crippen LogP contribution >= 0.6 is 0 Å². The molecule has 0 spiro atoms. The zero-order valence-electron chi connectivity index (χ0n) is 15.5. The number of nitrogens with zero attached hydrogens (tertiary/aromatic N) is 2. The Hall–Kier alpha value is -3.41. The Morgan fingerprint density at radius 1 is 1.00 bits per heavy atom. The van der Waals surface area contributed by atoms with E-state index >= 15 is 0 Å². The first-order valence-electron chi connectivity index (χ1n) is 8.61. The monoisotopic (exact) mass is 363 g/mol. The van der Waals surface area contributed by atoms with E-state index in [0.717, 1.165) is 33.8 Å². The van der Waals surface area contributed by atoms with Gasteiger partial charge in [-0.1, -0.05) is 30.3 Å². The highest BCUT2D eigenvalue weighted by Gasteiger charge is 2.14. The summed E-state index contributed by atoms with van der Waals surface area (Å²) in [6.07, 6.45) is 0. The van der Waals surface area contributed by atoms with Gasteiger partial charge >= 0.3 is 0 Å². The molecule has 0 atom stereocenters. The van der Waals surface area contributed by atoms with Crippen molar-refractivity contribution in [2.75, 3.05) is 5.32 Å². The predicted octanol–water partition coefficient (Wildman–Crippen LogP) is 5.24. The Balaban J connectivity index is 1.80. The Morgan fingerprint density at radius 2 is 1.67 bits per heavy atom. The Morgan fingerprint density at radius 3 is 2.30 bits per heavy atom. The lowest BCUT2D eigenvalue weighted by Gasteiger charge is -2.17. The number of nitro benzene ring substituents is 1. The Bertz CT molecular complexity index is 955. The number of non-ortho nitro benzene ring substituents is 1. The number of hydrogen-bond acceptors (Lipinski definition) is 5. The molecule has 0 unspecified atom stereocenters. The molecule has 138 valence electrons. The van der Waals surface area contributed by atoms with Crippen LogP contribution in [0.2, 0.25) is 0 Å². The third kappa shape index (κ3) is 4.23. The molecular weight excluding hydrogens is 342 g/mol. The second-order valence-electron chi connectivity index (χ2n) is 6.33. The van der Waals surface area contributed by atoms with E-state index in [1.165, 1.54) is 12.1 Å². The summed E-state index contributed by atoms with van der Waals surface area (Å²) in [5, 5.41) is 14.0. The van der Waals surface area contributed by atoms with Gasteiger partial charge in [0, 0.05) is 17.8 Å². The lowest BCUT2D eigenvalue weighted by Crippen LogP contribution is -2.05. The first kappa shape index (κ1) is 18.4. The smallest absolute Gasteiger partial charge is 0.269 e. The minimum atomic E-state index is -0.416. The number of ether oxygens (including phenoxy) is 1. The summed E-state index contributed by atoms with van der Waals surface area (Å²) in [7, 11) is 0. The van der Waals surface area contributed by atoms with Crippen LogP contribution in [0.4, 0.5) is 17.2 Å². The van der Waals surface area contributed by atoms with Gasteiger partial charge in [-0.25, -0.2) is 4.98 Å². The van der Waals surface area contributed by atoms with Gasteiger partial charge in [0.15, 0.2) is 0 Å². The van der Waals surface area contributed by atoms with Crippen LogP contribution < -0.4 is 10.1 Å². The summed E-state index contributed by atoms with van der Waals surface area (Å²) < 4.78 is 6.02. The van der Waals surface area contributed by atoms with Crippen LogP contribution in [0.25, 0.3) is 0 Å². The van der Waals surface area contributed by atoms with Gasteiger partial charge in [0.05, 0.1) is 10.6 Å². The van der Waals surface area contributed by atoms with Crippen LogP contribution in [0.5, 0.6) is 5.75 Å². The molecule has 6 heteroatoms. The van der Waals surface area contributed by atoms with Crippen molar-refractivity contribution in [2.45, 2.75) is 27.4 Å². The van der Waals surface area contributed by atoms with E-state index in [1.54, 1.807) is 12.1 Å². The normalized spacial score (nSPS) is 10.5. The van der Waals surface area contributed by atoms with Gasteiger partial charge in [0.1, 0.15) is 18.2 Å². The van der Waals surface area contributed by atoms with Gasteiger partial charge in [-0.2, -0.15) is 0 Å². The van der Waals surface area contributed by atoms with E-state index in [0.29, 0.717) is 12.4 Å². The summed E-state index contributed by atoms with van der Waals surface area (Å²) in [6.45, 7) is 6.38. The average Bonchev–Trinajstić information content (AvgIpc) is 2.67. The molecule has 3 aromatic rings. The highest BCUT2D eigenvalue weighted by Crippen LogP contribution is 2.31. The summed E-state index contributed by atoms with van der Waals surface area (Å²) >= 11 is 0. The van der Waals surface area contributed by atoms with E-state index < -0.39 is 4.92 Å². The second-order valence-corrected chi connectivity index (χ2v) is 6.33. The molecule has 0 amide bonds. The number of nitrogens with one attached hydrogen (secondary N) is 1. The molecule has 0 aliphatic carbocycles. The van der Waals surface area contributed by atoms with Crippen LogP contribution in [-0.2, 0) is 6.61 Å². The lowest BCUT2D eigenvalue weighted by atomic mass is 10.1. The lowest BCUT2D eigenvalue weighted by molar-refractivity contribution is -0.384. The van der Waals surface area contributed by atoms with E-state index in [9.17, 15) is 10.1 Å². The van der Waals surface area contributed by atoms with Crippen molar-refractivity contribution in [3.05, 3.63) is 87.1 Å². The molecule has 0 saturated heterocycles. The topological polar surface area (TPSA) is 77.3 Å². The molecule has 0 aliphatic heterocycles. The Labute approximate surface area is 158 Å². The SMILES string of the molecule is Cc1nc(Nc2ccc([N+](=O)[O-])cc2)c(C)c(C)c1OCc1ccccc1. The number of hydrogen-bond donors (Lipinski definition) is 1. The van der Waals surface area contributed by atoms with Crippen LogP contribution in [0.1, 0.15) is 22.4 Å². The van der Waals surface area contributed by atoms with Gasteiger partial charge in [0.2, 0.25) is 0 Å². The van der Waals surface area contributed by atoms with Crippen molar-refractivity contribution in [1.82, 2.24) is 4.98 Å². The molecule has 0 fully saturated rings. The van der Waals surface area contributed by atoms with Crippen molar-refractivity contribution in [3.63, 3.8) is 0 Å². The molecular formula is C21H21N3O3.